The van der Waals surface area contributed by atoms with Gasteiger partial charge in [0.1, 0.15) is 35.3 Å². The van der Waals surface area contributed by atoms with Gasteiger partial charge < -0.3 is 18.9 Å². The molecule has 260 valence electrons. The van der Waals surface area contributed by atoms with Gasteiger partial charge in [-0.2, -0.15) is 0 Å². The number of esters is 1. The van der Waals surface area contributed by atoms with Crippen LogP contribution < -0.4 is 4.74 Å². The van der Waals surface area contributed by atoms with Gasteiger partial charge in [0, 0.05) is 4.90 Å². The standard InChI is InChI=1S/C38H31ClN2O9S/c1-47-23-17-15-22(16-18-23)21-48-32-29(20-40-34(43)25-11-5-6-12-26(25)35(40)44)49-38(51-24-9-3-2-4-10-24)31(33(32)50-30(42)19-39)41-36(45)27-13-7-8-14-28(27)37(41)46/h2-18,29,31-33,38H,19-21H2,1H3/t29-,31-,32+,33-,38+/m1/s1. The van der Waals surface area contributed by atoms with E-state index in [2.05, 4.69) is 0 Å². The molecule has 3 aliphatic rings. The summed E-state index contributed by atoms with van der Waals surface area (Å²) in [5.41, 5.74) is 0.547. The maximum atomic E-state index is 14.0. The van der Waals surface area contributed by atoms with Gasteiger partial charge in [-0.05, 0) is 54.1 Å². The minimum absolute atomic E-state index is 0.0309. The van der Waals surface area contributed by atoms with Crippen LogP contribution in [0.2, 0.25) is 0 Å². The minimum atomic E-state index is -1.34. The average molecular weight is 727 g/mol. The summed E-state index contributed by atoms with van der Waals surface area (Å²) in [6, 6.07) is 27.9. The summed E-state index contributed by atoms with van der Waals surface area (Å²) in [6.45, 7) is -0.313. The van der Waals surface area contributed by atoms with E-state index in [4.69, 9.17) is 30.5 Å². The molecule has 3 heterocycles. The van der Waals surface area contributed by atoms with Crippen LogP contribution in [0.15, 0.2) is 108 Å². The van der Waals surface area contributed by atoms with Gasteiger partial charge in [0.15, 0.2) is 6.10 Å². The van der Waals surface area contributed by atoms with Gasteiger partial charge in [-0.25, -0.2) is 0 Å². The Labute approximate surface area is 302 Å². The highest BCUT2D eigenvalue weighted by atomic mass is 35.5. The van der Waals surface area contributed by atoms with E-state index in [9.17, 15) is 24.0 Å². The Hall–Kier alpha value is -5.01. The minimum Gasteiger partial charge on any atom is -0.497 e. The number of alkyl halides is 1. The van der Waals surface area contributed by atoms with Gasteiger partial charge in [-0.3, -0.25) is 33.8 Å². The highest BCUT2D eigenvalue weighted by Crippen LogP contribution is 2.41. The van der Waals surface area contributed by atoms with Crippen LogP contribution in [0.3, 0.4) is 0 Å². The second-order valence-corrected chi connectivity index (χ2v) is 13.4. The first-order chi connectivity index (χ1) is 24.8. The van der Waals surface area contributed by atoms with E-state index in [-0.39, 0.29) is 35.4 Å². The molecule has 0 radical (unpaired) electrons. The maximum Gasteiger partial charge on any atom is 0.321 e. The van der Waals surface area contributed by atoms with Crippen LogP contribution in [0.1, 0.15) is 47.0 Å². The third-order valence-corrected chi connectivity index (χ3v) is 10.3. The molecule has 3 aliphatic heterocycles. The van der Waals surface area contributed by atoms with Crippen LogP contribution in [-0.2, 0) is 25.6 Å². The number of hydrogen-bond acceptors (Lipinski definition) is 10. The lowest BCUT2D eigenvalue weighted by Gasteiger charge is -2.48. The van der Waals surface area contributed by atoms with Crippen molar-refractivity contribution in [1.29, 1.82) is 0 Å². The lowest BCUT2D eigenvalue weighted by molar-refractivity contribution is -0.211. The number of carbonyl (C=O) groups excluding carboxylic acids is 5. The normalized spacial score (nSPS) is 22.6. The largest absolute Gasteiger partial charge is 0.497 e. The van der Waals surface area contributed by atoms with Crippen molar-refractivity contribution >= 4 is 53.0 Å². The fraction of sp³-hybridized carbons (Fsp3) is 0.237. The zero-order chi connectivity index (χ0) is 35.6. The van der Waals surface area contributed by atoms with Crippen molar-refractivity contribution in [3.05, 3.63) is 131 Å². The van der Waals surface area contributed by atoms with Gasteiger partial charge in [-0.1, -0.05) is 66.4 Å². The summed E-state index contributed by atoms with van der Waals surface area (Å²) in [5, 5.41) is 0. The average Bonchev–Trinajstić information content (AvgIpc) is 3.55. The van der Waals surface area contributed by atoms with Gasteiger partial charge >= 0.3 is 5.97 Å². The number of benzene rings is 4. The van der Waals surface area contributed by atoms with E-state index in [1.54, 1.807) is 79.9 Å². The topological polar surface area (TPSA) is 129 Å². The fourth-order valence-electron chi connectivity index (χ4n) is 6.54. The molecule has 4 aromatic carbocycles. The molecule has 0 N–H and O–H groups in total. The molecule has 4 amide bonds. The van der Waals surface area contributed by atoms with Crippen LogP contribution in [0.4, 0.5) is 0 Å². The molecule has 4 aromatic rings. The van der Waals surface area contributed by atoms with Crippen LogP contribution in [0, 0.1) is 0 Å². The summed E-state index contributed by atoms with van der Waals surface area (Å²) in [7, 11) is 1.55. The Morgan fingerprint density at radius 3 is 1.84 bits per heavy atom. The molecular formula is C38H31ClN2O9S. The van der Waals surface area contributed by atoms with Crippen LogP contribution in [0.5, 0.6) is 5.75 Å². The predicted molar refractivity (Wildman–Crippen MR) is 186 cm³/mol. The zero-order valence-electron chi connectivity index (χ0n) is 27.2. The molecule has 13 heteroatoms. The molecular weight excluding hydrogens is 696 g/mol. The van der Waals surface area contributed by atoms with Gasteiger partial charge in [0.25, 0.3) is 23.6 Å². The van der Waals surface area contributed by atoms with E-state index in [1.807, 2.05) is 30.3 Å². The molecule has 0 unspecified atom stereocenters. The number of hydrogen-bond donors (Lipinski definition) is 0. The SMILES string of the molecule is COc1ccc(CO[C@@H]2[C@H](OC(=O)CCl)[C@@H](N3C(=O)c4ccccc4C3=O)[C@H](Sc3ccccc3)O[C@@H]2CN2C(=O)c3ccccc3C2=O)cc1. The lowest BCUT2D eigenvalue weighted by Crippen LogP contribution is -2.67. The van der Waals surface area contributed by atoms with E-state index in [0.717, 1.165) is 20.3 Å². The molecule has 1 saturated heterocycles. The Morgan fingerprint density at radius 2 is 1.29 bits per heavy atom. The molecule has 5 atom stereocenters. The van der Waals surface area contributed by atoms with Gasteiger partial charge in [0.05, 0.1) is 42.5 Å². The summed E-state index contributed by atoms with van der Waals surface area (Å²) in [4.78, 5) is 71.2. The molecule has 11 nitrogen and oxygen atoms in total. The molecule has 51 heavy (non-hydrogen) atoms. The van der Waals surface area contributed by atoms with Crippen molar-refractivity contribution in [3.8, 4) is 5.75 Å². The Morgan fingerprint density at radius 1 is 0.745 bits per heavy atom. The number of rotatable bonds is 11. The number of halogens is 1. The molecule has 0 spiro atoms. The highest BCUT2D eigenvalue weighted by molar-refractivity contribution is 7.99. The van der Waals surface area contributed by atoms with Crippen molar-refractivity contribution in [2.24, 2.45) is 0 Å². The number of amides is 4. The molecule has 7 rings (SSSR count). The molecule has 0 aromatic heterocycles. The number of ether oxygens (including phenoxy) is 4. The van der Waals surface area contributed by atoms with Gasteiger partial charge in [-0.15, -0.1) is 11.6 Å². The van der Waals surface area contributed by atoms with Crippen molar-refractivity contribution in [1.82, 2.24) is 9.80 Å². The molecule has 0 saturated carbocycles. The quantitative estimate of drug-likeness (QED) is 0.115. The number of fused-ring (bicyclic) bond motifs is 2. The van der Waals surface area contributed by atoms with Crippen molar-refractivity contribution in [2.75, 3.05) is 19.5 Å². The lowest BCUT2D eigenvalue weighted by atomic mass is 9.95. The summed E-state index contributed by atoms with van der Waals surface area (Å²) < 4.78 is 24.6. The second-order valence-electron chi connectivity index (χ2n) is 12.0. The van der Waals surface area contributed by atoms with Crippen molar-refractivity contribution < 1.29 is 42.9 Å². The summed E-state index contributed by atoms with van der Waals surface area (Å²) in [5.74, 6) is -2.95. The van der Waals surface area contributed by atoms with Crippen LogP contribution in [0.25, 0.3) is 0 Å². The first-order valence-electron chi connectivity index (χ1n) is 16.1. The van der Waals surface area contributed by atoms with E-state index >= 15 is 0 Å². The fourth-order valence-corrected chi connectivity index (χ4v) is 7.80. The summed E-state index contributed by atoms with van der Waals surface area (Å²) >= 11 is 7.18. The number of thioether (sulfide) groups is 1. The maximum absolute atomic E-state index is 14.0. The van der Waals surface area contributed by atoms with Crippen LogP contribution in [-0.4, -0.2) is 88.7 Å². The molecule has 0 aliphatic carbocycles. The highest BCUT2D eigenvalue weighted by Gasteiger charge is 2.57. The Balaban J connectivity index is 1.32. The number of carbonyl (C=O) groups is 5. The van der Waals surface area contributed by atoms with Crippen LogP contribution >= 0.6 is 23.4 Å². The van der Waals surface area contributed by atoms with Crippen molar-refractivity contribution in [2.45, 2.75) is 41.3 Å². The first kappa shape index (κ1) is 34.4. The zero-order valence-corrected chi connectivity index (χ0v) is 28.8. The van der Waals surface area contributed by atoms with E-state index in [1.165, 1.54) is 11.8 Å². The van der Waals surface area contributed by atoms with E-state index < -0.39 is 65.3 Å². The Bertz CT molecular complexity index is 1920. The predicted octanol–water partition coefficient (Wildman–Crippen LogP) is 5.21. The monoisotopic (exact) mass is 726 g/mol. The Kier molecular flexibility index (Phi) is 9.92. The third kappa shape index (κ3) is 6.63. The smallest absolute Gasteiger partial charge is 0.321 e. The first-order valence-corrected chi connectivity index (χ1v) is 17.5. The number of nitrogens with zero attached hydrogens (tertiary/aromatic N) is 2. The molecule has 1 fully saturated rings. The van der Waals surface area contributed by atoms with Gasteiger partial charge in [0.2, 0.25) is 0 Å². The van der Waals surface area contributed by atoms with E-state index in [0.29, 0.717) is 5.75 Å². The third-order valence-electron chi connectivity index (χ3n) is 8.95. The van der Waals surface area contributed by atoms with Crippen molar-refractivity contribution in [3.63, 3.8) is 0 Å². The number of methoxy groups -OCH3 is 1. The second kappa shape index (κ2) is 14.7. The molecule has 0 bridgehead atoms. The number of imide groups is 2. The summed E-state index contributed by atoms with van der Waals surface area (Å²) in [6.07, 6.45) is -3.64.